The van der Waals surface area contributed by atoms with Crippen LogP contribution in [-0.4, -0.2) is 48.1 Å². The molecule has 1 saturated heterocycles. The zero-order valence-corrected chi connectivity index (χ0v) is 15.4. The smallest absolute Gasteiger partial charge is 0.399 e. The molecule has 2 heterocycles. The summed E-state index contributed by atoms with van der Waals surface area (Å²) in [6.07, 6.45) is -2.84. The molecule has 0 spiro atoms. The third-order valence-corrected chi connectivity index (χ3v) is 4.98. The van der Waals surface area contributed by atoms with E-state index in [0.29, 0.717) is 35.5 Å². The Labute approximate surface area is 160 Å². The molecule has 1 aliphatic heterocycles. The Bertz CT molecular complexity index is 1010. The van der Waals surface area contributed by atoms with E-state index in [9.17, 15) is 13.2 Å². The van der Waals surface area contributed by atoms with Gasteiger partial charge in [-0.25, -0.2) is 9.97 Å². The molecule has 0 saturated carbocycles. The summed E-state index contributed by atoms with van der Waals surface area (Å²) in [5.41, 5.74) is 7.13. The van der Waals surface area contributed by atoms with Gasteiger partial charge in [-0.3, -0.25) is 0 Å². The van der Waals surface area contributed by atoms with Crippen LogP contribution < -0.4 is 10.6 Å². The van der Waals surface area contributed by atoms with Gasteiger partial charge in [-0.2, -0.15) is 13.2 Å². The maximum atomic E-state index is 13.5. The van der Waals surface area contributed by atoms with E-state index in [1.165, 1.54) is 6.07 Å². The summed E-state index contributed by atoms with van der Waals surface area (Å²) in [4.78, 5) is 12.8. The molecule has 28 heavy (non-hydrogen) atoms. The van der Waals surface area contributed by atoms with Crippen LogP contribution in [0.1, 0.15) is 5.56 Å². The summed E-state index contributed by atoms with van der Waals surface area (Å²) in [5.74, 6) is 0.250. The molecule has 0 radical (unpaired) electrons. The molecule has 0 aliphatic carbocycles. The van der Waals surface area contributed by atoms with Crippen molar-refractivity contribution in [3.05, 3.63) is 48.2 Å². The fraction of sp³-hybridized carbons (Fsp3) is 0.300. The number of likely N-dealkylation sites (N-methyl/N-ethyl adjacent to an activating group) is 1. The number of nitrogens with zero attached hydrogens (tertiary/aromatic N) is 4. The van der Waals surface area contributed by atoms with Gasteiger partial charge in [0.1, 0.15) is 0 Å². The number of fused-ring (bicyclic) bond motifs is 1. The van der Waals surface area contributed by atoms with Crippen molar-refractivity contribution in [1.29, 1.82) is 0 Å². The van der Waals surface area contributed by atoms with Crippen molar-refractivity contribution in [2.45, 2.75) is 6.18 Å². The quantitative estimate of drug-likeness (QED) is 0.681. The van der Waals surface area contributed by atoms with E-state index in [4.69, 9.17) is 5.73 Å². The van der Waals surface area contributed by atoms with Crippen molar-refractivity contribution >= 4 is 22.3 Å². The van der Waals surface area contributed by atoms with Crippen LogP contribution in [-0.2, 0) is 6.18 Å². The molecular formula is C20H20F3N5. The molecule has 1 aliphatic rings. The lowest BCUT2D eigenvalue weighted by molar-refractivity contribution is -0.137. The Kier molecular flexibility index (Phi) is 4.58. The first-order valence-electron chi connectivity index (χ1n) is 8.98. The highest BCUT2D eigenvalue weighted by atomic mass is 19.4. The molecule has 0 bridgehead atoms. The average Bonchev–Trinajstić information content (AvgIpc) is 2.67. The van der Waals surface area contributed by atoms with Gasteiger partial charge in [-0.05, 0) is 43.4 Å². The second-order valence-corrected chi connectivity index (χ2v) is 7.07. The number of hydrogen-bond donors (Lipinski definition) is 1. The molecule has 5 nitrogen and oxygen atoms in total. The first-order chi connectivity index (χ1) is 13.3. The van der Waals surface area contributed by atoms with Gasteiger partial charge in [-0.1, -0.05) is 0 Å². The molecule has 4 rings (SSSR count). The monoisotopic (exact) mass is 387 g/mol. The van der Waals surface area contributed by atoms with Crippen molar-refractivity contribution < 1.29 is 13.2 Å². The SMILES string of the molecule is CN1CCN(c2cc(-c3ncc4ccc(N)cc4n3)cc(C(F)(F)F)c2)CC1. The molecule has 3 aromatic rings. The number of nitrogen functional groups attached to an aromatic ring is 1. The van der Waals surface area contributed by atoms with Gasteiger partial charge in [0, 0.05) is 54.7 Å². The Morgan fingerprint density at radius 2 is 1.75 bits per heavy atom. The highest BCUT2D eigenvalue weighted by Gasteiger charge is 2.32. The lowest BCUT2D eigenvalue weighted by atomic mass is 10.1. The molecule has 0 unspecified atom stereocenters. The third-order valence-electron chi connectivity index (χ3n) is 4.98. The Balaban J connectivity index is 1.80. The molecule has 0 amide bonds. The van der Waals surface area contributed by atoms with E-state index < -0.39 is 11.7 Å². The molecule has 2 aromatic carbocycles. The standard InChI is InChI=1S/C20H20F3N5/c1-27-4-6-28(7-5-27)17-9-14(8-15(10-17)20(21,22)23)19-25-12-13-2-3-16(24)11-18(13)26-19/h2-3,8-12H,4-7,24H2,1H3. The fourth-order valence-corrected chi connectivity index (χ4v) is 3.33. The molecule has 146 valence electrons. The minimum Gasteiger partial charge on any atom is -0.399 e. The van der Waals surface area contributed by atoms with Gasteiger partial charge in [-0.15, -0.1) is 0 Å². The van der Waals surface area contributed by atoms with Crippen LogP contribution in [0, 0.1) is 0 Å². The number of anilines is 2. The second-order valence-electron chi connectivity index (χ2n) is 7.07. The van der Waals surface area contributed by atoms with Gasteiger partial charge in [0.05, 0.1) is 11.1 Å². The average molecular weight is 387 g/mol. The van der Waals surface area contributed by atoms with Crippen LogP contribution in [0.5, 0.6) is 0 Å². The fourth-order valence-electron chi connectivity index (χ4n) is 3.33. The summed E-state index contributed by atoms with van der Waals surface area (Å²) in [7, 11) is 2.00. The highest BCUT2D eigenvalue weighted by molar-refractivity contribution is 5.82. The number of benzene rings is 2. The summed E-state index contributed by atoms with van der Waals surface area (Å²) >= 11 is 0. The van der Waals surface area contributed by atoms with Gasteiger partial charge in [0.15, 0.2) is 5.82 Å². The summed E-state index contributed by atoms with van der Waals surface area (Å²) in [5, 5.41) is 0.782. The van der Waals surface area contributed by atoms with E-state index in [2.05, 4.69) is 14.9 Å². The van der Waals surface area contributed by atoms with Crippen LogP contribution in [0.25, 0.3) is 22.3 Å². The van der Waals surface area contributed by atoms with Crippen molar-refractivity contribution in [1.82, 2.24) is 14.9 Å². The Hall–Kier alpha value is -2.87. The summed E-state index contributed by atoms with van der Waals surface area (Å²) in [6, 6.07) is 9.25. The van der Waals surface area contributed by atoms with E-state index in [1.807, 2.05) is 11.9 Å². The van der Waals surface area contributed by atoms with E-state index in [-0.39, 0.29) is 5.82 Å². The topological polar surface area (TPSA) is 58.3 Å². The zero-order valence-electron chi connectivity index (χ0n) is 15.4. The Morgan fingerprint density at radius 1 is 1.00 bits per heavy atom. The second kappa shape index (κ2) is 6.94. The predicted octanol–water partition coefficient (Wildman–Crippen LogP) is 3.65. The molecule has 0 atom stereocenters. The number of aromatic nitrogens is 2. The molecule has 1 fully saturated rings. The van der Waals surface area contributed by atoms with Crippen LogP contribution in [0.15, 0.2) is 42.6 Å². The number of piperazine rings is 1. The molecule has 8 heteroatoms. The number of rotatable bonds is 2. The maximum absolute atomic E-state index is 13.5. The van der Waals surface area contributed by atoms with Crippen molar-refractivity contribution in [2.75, 3.05) is 43.9 Å². The minimum absolute atomic E-state index is 0.250. The van der Waals surface area contributed by atoms with Crippen LogP contribution >= 0.6 is 0 Å². The van der Waals surface area contributed by atoms with Crippen LogP contribution in [0.4, 0.5) is 24.5 Å². The largest absolute Gasteiger partial charge is 0.416 e. The van der Waals surface area contributed by atoms with E-state index in [1.54, 1.807) is 30.5 Å². The minimum atomic E-state index is -4.45. The van der Waals surface area contributed by atoms with Gasteiger partial charge in [0.2, 0.25) is 0 Å². The molecule has 1 aromatic heterocycles. The number of halogens is 3. The van der Waals surface area contributed by atoms with Crippen LogP contribution in [0.3, 0.4) is 0 Å². The summed E-state index contributed by atoms with van der Waals surface area (Å²) in [6.45, 7) is 2.95. The first kappa shape index (κ1) is 18.5. The number of nitrogens with two attached hydrogens (primary N) is 1. The zero-order chi connectivity index (χ0) is 19.9. The Morgan fingerprint density at radius 3 is 2.46 bits per heavy atom. The summed E-state index contributed by atoms with van der Waals surface area (Å²) < 4.78 is 40.5. The van der Waals surface area contributed by atoms with E-state index >= 15 is 0 Å². The highest BCUT2D eigenvalue weighted by Crippen LogP contribution is 2.35. The predicted molar refractivity (Wildman–Crippen MR) is 104 cm³/mol. The number of hydrogen-bond acceptors (Lipinski definition) is 5. The lowest BCUT2D eigenvalue weighted by Crippen LogP contribution is -2.44. The van der Waals surface area contributed by atoms with Crippen molar-refractivity contribution in [3.8, 4) is 11.4 Å². The number of alkyl halides is 3. The van der Waals surface area contributed by atoms with Crippen molar-refractivity contribution in [3.63, 3.8) is 0 Å². The van der Waals surface area contributed by atoms with Gasteiger partial charge < -0.3 is 15.5 Å². The van der Waals surface area contributed by atoms with Crippen LogP contribution in [0.2, 0.25) is 0 Å². The third kappa shape index (κ3) is 3.73. The lowest BCUT2D eigenvalue weighted by Gasteiger charge is -2.34. The van der Waals surface area contributed by atoms with E-state index in [0.717, 1.165) is 24.5 Å². The van der Waals surface area contributed by atoms with Gasteiger partial charge >= 0.3 is 6.18 Å². The molecule has 2 N–H and O–H groups in total. The molecular weight excluding hydrogens is 367 g/mol. The first-order valence-corrected chi connectivity index (χ1v) is 8.98. The normalized spacial score (nSPS) is 15.9. The maximum Gasteiger partial charge on any atom is 0.416 e. The van der Waals surface area contributed by atoms with Gasteiger partial charge in [0.25, 0.3) is 0 Å². The van der Waals surface area contributed by atoms with Crippen molar-refractivity contribution in [2.24, 2.45) is 0 Å².